The summed E-state index contributed by atoms with van der Waals surface area (Å²) in [7, 11) is 1.92. The minimum atomic E-state index is 0.0445. The normalized spacial score (nSPS) is 12.6. The Labute approximate surface area is 108 Å². The van der Waals surface area contributed by atoms with Crippen LogP contribution in [-0.2, 0) is 7.05 Å². The van der Waals surface area contributed by atoms with Crippen molar-refractivity contribution in [1.29, 1.82) is 0 Å². The van der Waals surface area contributed by atoms with Gasteiger partial charge < -0.3 is 5.32 Å². The van der Waals surface area contributed by atoms with E-state index in [1.165, 1.54) is 6.33 Å². The molecule has 0 bridgehead atoms. The molecule has 0 saturated heterocycles. The Morgan fingerprint density at radius 3 is 2.59 bits per heavy atom. The lowest BCUT2D eigenvalue weighted by atomic mass is 10.1. The first-order valence-electron chi connectivity index (χ1n) is 5.39. The average molecular weight is 296 g/mol. The zero-order valence-electron chi connectivity index (χ0n) is 9.76. The van der Waals surface area contributed by atoms with Crippen LogP contribution in [-0.4, -0.2) is 26.3 Å². The third-order valence-corrected chi connectivity index (χ3v) is 3.14. The van der Waals surface area contributed by atoms with Crippen LogP contribution < -0.4 is 5.32 Å². The van der Waals surface area contributed by atoms with Gasteiger partial charge in [0.1, 0.15) is 6.33 Å². The van der Waals surface area contributed by atoms with E-state index in [9.17, 15) is 0 Å². The molecule has 5 nitrogen and oxygen atoms in total. The molecule has 0 aliphatic heterocycles. The molecular formula is C11H14BrN5. The first kappa shape index (κ1) is 12.2. The van der Waals surface area contributed by atoms with Gasteiger partial charge in [0.15, 0.2) is 0 Å². The Bertz CT molecular complexity index is 462. The molecule has 90 valence electrons. The van der Waals surface area contributed by atoms with Gasteiger partial charge in [-0.1, -0.05) is 6.92 Å². The maximum Gasteiger partial charge on any atom is 0.115 e. The number of aromatic nitrogens is 4. The molecule has 0 aromatic carbocycles. The van der Waals surface area contributed by atoms with Gasteiger partial charge in [-0.2, -0.15) is 5.10 Å². The molecule has 17 heavy (non-hydrogen) atoms. The minimum absolute atomic E-state index is 0.0445. The second-order valence-corrected chi connectivity index (χ2v) is 4.52. The Kier molecular flexibility index (Phi) is 3.86. The van der Waals surface area contributed by atoms with E-state index < -0.39 is 0 Å². The molecule has 1 unspecified atom stereocenters. The number of hydrogen-bond donors (Lipinski definition) is 1. The summed E-state index contributed by atoms with van der Waals surface area (Å²) in [5, 5.41) is 7.65. The standard InChI is InChI=1S/C11H14BrN5/c1-3-15-10(8-4-13-7-14-5-8)11-9(12)6-16-17(11)2/h4-7,10,15H,3H2,1-2H3. The Morgan fingerprint density at radius 1 is 1.35 bits per heavy atom. The van der Waals surface area contributed by atoms with Crippen LogP contribution >= 0.6 is 15.9 Å². The molecule has 0 radical (unpaired) electrons. The Hall–Kier alpha value is -1.27. The molecular weight excluding hydrogens is 282 g/mol. The van der Waals surface area contributed by atoms with Crippen molar-refractivity contribution in [2.45, 2.75) is 13.0 Å². The van der Waals surface area contributed by atoms with Crippen molar-refractivity contribution in [3.63, 3.8) is 0 Å². The highest BCUT2D eigenvalue weighted by Crippen LogP contribution is 2.27. The van der Waals surface area contributed by atoms with Crippen LogP contribution in [0.3, 0.4) is 0 Å². The smallest absolute Gasteiger partial charge is 0.115 e. The van der Waals surface area contributed by atoms with Gasteiger partial charge in [0.05, 0.1) is 22.4 Å². The van der Waals surface area contributed by atoms with Gasteiger partial charge in [0.25, 0.3) is 0 Å². The summed E-state index contributed by atoms with van der Waals surface area (Å²) >= 11 is 3.52. The molecule has 2 aromatic rings. The van der Waals surface area contributed by atoms with Gasteiger partial charge in [0.2, 0.25) is 0 Å². The fraction of sp³-hybridized carbons (Fsp3) is 0.364. The van der Waals surface area contributed by atoms with Gasteiger partial charge >= 0.3 is 0 Å². The van der Waals surface area contributed by atoms with E-state index in [1.807, 2.05) is 24.1 Å². The molecule has 0 spiro atoms. The van der Waals surface area contributed by atoms with Gasteiger partial charge in [0, 0.05) is 25.0 Å². The third kappa shape index (κ3) is 2.53. The van der Waals surface area contributed by atoms with Crippen LogP contribution in [0, 0.1) is 0 Å². The molecule has 2 rings (SSSR count). The molecule has 0 saturated carbocycles. The topological polar surface area (TPSA) is 55.6 Å². The minimum Gasteiger partial charge on any atom is -0.305 e. The van der Waals surface area contributed by atoms with Gasteiger partial charge in [-0.25, -0.2) is 9.97 Å². The predicted molar refractivity (Wildman–Crippen MR) is 68.5 cm³/mol. The van der Waals surface area contributed by atoms with E-state index in [2.05, 4.69) is 43.2 Å². The van der Waals surface area contributed by atoms with Crippen LogP contribution in [0.15, 0.2) is 29.4 Å². The molecule has 1 atom stereocenters. The van der Waals surface area contributed by atoms with E-state index in [-0.39, 0.29) is 6.04 Å². The molecule has 0 fully saturated rings. The maximum absolute atomic E-state index is 4.23. The molecule has 6 heteroatoms. The van der Waals surface area contributed by atoms with Gasteiger partial charge in [-0.15, -0.1) is 0 Å². The lowest BCUT2D eigenvalue weighted by molar-refractivity contribution is 0.568. The number of halogens is 1. The predicted octanol–water partition coefficient (Wildman–Crippen LogP) is 1.67. The summed E-state index contributed by atoms with van der Waals surface area (Å²) in [6.45, 7) is 2.93. The second-order valence-electron chi connectivity index (χ2n) is 3.66. The van der Waals surface area contributed by atoms with Crippen molar-refractivity contribution in [3.8, 4) is 0 Å². The Balaban J connectivity index is 2.43. The van der Waals surface area contributed by atoms with Crippen LogP contribution in [0.4, 0.5) is 0 Å². The SMILES string of the molecule is CCNC(c1cncnc1)c1c(Br)cnn1C. The number of hydrogen-bond acceptors (Lipinski definition) is 4. The van der Waals surface area contributed by atoms with Gasteiger partial charge in [-0.05, 0) is 22.5 Å². The van der Waals surface area contributed by atoms with Crippen molar-refractivity contribution in [3.05, 3.63) is 40.6 Å². The molecule has 0 aliphatic carbocycles. The zero-order chi connectivity index (χ0) is 12.3. The third-order valence-electron chi connectivity index (χ3n) is 2.53. The van der Waals surface area contributed by atoms with Crippen molar-refractivity contribution < 1.29 is 0 Å². The van der Waals surface area contributed by atoms with Crippen LogP contribution in [0.1, 0.15) is 24.2 Å². The van der Waals surface area contributed by atoms with Crippen LogP contribution in [0.5, 0.6) is 0 Å². The summed E-state index contributed by atoms with van der Waals surface area (Å²) in [5.74, 6) is 0. The quantitative estimate of drug-likeness (QED) is 0.932. The maximum atomic E-state index is 4.23. The number of aryl methyl sites for hydroxylation is 1. The number of nitrogens with one attached hydrogen (secondary N) is 1. The highest BCUT2D eigenvalue weighted by molar-refractivity contribution is 9.10. The van der Waals surface area contributed by atoms with Crippen molar-refractivity contribution in [1.82, 2.24) is 25.1 Å². The van der Waals surface area contributed by atoms with Crippen LogP contribution in [0.2, 0.25) is 0 Å². The molecule has 2 aromatic heterocycles. The molecule has 1 N–H and O–H groups in total. The van der Waals surface area contributed by atoms with E-state index in [0.29, 0.717) is 0 Å². The Morgan fingerprint density at radius 2 is 2.06 bits per heavy atom. The zero-order valence-corrected chi connectivity index (χ0v) is 11.3. The van der Waals surface area contributed by atoms with Crippen molar-refractivity contribution in [2.75, 3.05) is 6.54 Å². The lowest BCUT2D eigenvalue weighted by Gasteiger charge is -2.18. The summed E-state index contributed by atoms with van der Waals surface area (Å²) in [6.07, 6.45) is 6.97. The fourth-order valence-corrected chi connectivity index (χ4v) is 2.36. The number of nitrogens with zero attached hydrogens (tertiary/aromatic N) is 4. The van der Waals surface area contributed by atoms with Crippen molar-refractivity contribution >= 4 is 15.9 Å². The number of rotatable bonds is 4. The second kappa shape index (κ2) is 5.37. The first-order valence-corrected chi connectivity index (χ1v) is 6.19. The monoisotopic (exact) mass is 295 g/mol. The highest BCUT2D eigenvalue weighted by atomic mass is 79.9. The molecule has 2 heterocycles. The first-order chi connectivity index (χ1) is 8.24. The summed E-state index contributed by atoms with van der Waals surface area (Å²) < 4.78 is 2.83. The van der Waals surface area contributed by atoms with E-state index >= 15 is 0 Å². The largest absolute Gasteiger partial charge is 0.305 e. The lowest BCUT2D eigenvalue weighted by Crippen LogP contribution is -2.24. The van der Waals surface area contributed by atoms with E-state index in [0.717, 1.165) is 22.3 Å². The van der Waals surface area contributed by atoms with Gasteiger partial charge in [-0.3, -0.25) is 4.68 Å². The summed E-state index contributed by atoms with van der Waals surface area (Å²) in [6, 6.07) is 0.0445. The summed E-state index contributed by atoms with van der Waals surface area (Å²) in [4.78, 5) is 8.12. The summed E-state index contributed by atoms with van der Waals surface area (Å²) in [5.41, 5.74) is 2.10. The van der Waals surface area contributed by atoms with E-state index in [1.54, 1.807) is 6.20 Å². The molecule has 0 aliphatic rings. The van der Waals surface area contributed by atoms with E-state index in [4.69, 9.17) is 0 Å². The average Bonchev–Trinajstić information content (AvgIpc) is 2.68. The highest BCUT2D eigenvalue weighted by Gasteiger charge is 2.20. The van der Waals surface area contributed by atoms with Crippen molar-refractivity contribution in [2.24, 2.45) is 7.05 Å². The molecule has 0 amide bonds. The van der Waals surface area contributed by atoms with Crippen LogP contribution in [0.25, 0.3) is 0 Å². The fourth-order valence-electron chi connectivity index (χ4n) is 1.78.